The van der Waals surface area contributed by atoms with Crippen molar-refractivity contribution in [3.05, 3.63) is 0 Å². The van der Waals surface area contributed by atoms with Crippen molar-refractivity contribution in [2.45, 2.75) is 78.1 Å². The van der Waals surface area contributed by atoms with Crippen molar-refractivity contribution < 1.29 is 19.3 Å². The summed E-state index contributed by atoms with van der Waals surface area (Å²) >= 11 is 0. The average Bonchev–Trinajstić information content (AvgIpc) is 2.83. The molecule has 7 nitrogen and oxygen atoms in total. The number of nitrogens with zero attached hydrogens (tertiary/aromatic N) is 3. The minimum atomic E-state index is -0.763. The predicted molar refractivity (Wildman–Crippen MR) is 113 cm³/mol. The lowest BCUT2D eigenvalue weighted by atomic mass is 9.86. The molecule has 29 heavy (non-hydrogen) atoms. The highest BCUT2D eigenvalue weighted by atomic mass is 16.5. The average molecular weight is 406 g/mol. The van der Waals surface area contributed by atoms with E-state index in [1.807, 2.05) is 27.7 Å². The lowest BCUT2D eigenvalue weighted by Gasteiger charge is -2.27. The van der Waals surface area contributed by atoms with E-state index in [2.05, 4.69) is 27.7 Å². The minimum absolute atomic E-state index is 0.00235. The van der Waals surface area contributed by atoms with Gasteiger partial charge in [-0.25, -0.2) is 15.0 Å². The molecule has 3 aliphatic heterocycles. The molecule has 1 aliphatic carbocycles. The zero-order chi connectivity index (χ0) is 21.4. The number of aliphatic hydroxyl groups excluding tert-OH is 1. The first kappa shape index (κ1) is 20.6. The number of aliphatic imine (C=N–C) groups is 3. The van der Waals surface area contributed by atoms with Crippen LogP contribution in [0.1, 0.15) is 55.4 Å². The fourth-order valence-electron chi connectivity index (χ4n) is 4.76. The van der Waals surface area contributed by atoms with Crippen molar-refractivity contribution in [2.24, 2.45) is 38.1 Å². The van der Waals surface area contributed by atoms with Crippen LogP contribution in [0.4, 0.5) is 0 Å². The molecular weight excluding hydrogens is 370 g/mol. The predicted octanol–water partition coefficient (Wildman–Crippen LogP) is 2.86. The van der Waals surface area contributed by atoms with Crippen LogP contribution in [0.2, 0.25) is 0 Å². The molecule has 3 heterocycles. The molecule has 7 heteroatoms. The Bertz CT molecular complexity index is 754. The SMILES string of the molecule is CC(C)C(O)C1(C2=NC(C)(C)CO2)[C@@H](C2=NC(C)(C)CO2)[C@@H]1C1=NC(C)(C)CO1. The highest BCUT2D eigenvalue weighted by Crippen LogP contribution is 2.66. The van der Waals surface area contributed by atoms with E-state index >= 15 is 0 Å². The third kappa shape index (κ3) is 3.25. The van der Waals surface area contributed by atoms with Crippen molar-refractivity contribution >= 4 is 17.7 Å². The van der Waals surface area contributed by atoms with Crippen LogP contribution in [0.5, 0.6) is 0 Å². The van der Waals surface area contributed by atoms with Crippen molar-refractivity contribution in [1.82, 2.24) is 0 Å². The van der Waals surface area contributed by atoms with E-state index in [1.165, 1.54) is 0 Å². The monoisotopic (exact) mass is 405 g/mol. The topological polar surface area (TPSA) is 85.0 Å². The maximum atomic E-state index is 11.5. The third-order valence-electron chi connectivity index (χ3n) is 6.22. The Hall–Kier alpha value is -1.63. The van der Waals surface area contributed by atoms with E-state index < -0.39 is 11.5 Å². The highest BCUT2D eigenvalue weighted by Gasteiger charge is 2.79. The van der Waals surface area contributed by atoms with Crippen LogP contribution in [0.15, 0.2) is 15.0 Å². The number of hydrogen-bond acceptors (Lipinski definition) is 7. The fourth-order valence-corrected chi connectivity index (χ4v) is 4.76. The van der Waals surface area contributed by atoms with Crippen LogP contribution < -0.4 is 0 Å². The smallest absolute Gasteiger partial charge is 0.194 e. The molecule has 1 unspecified atom stereocenters. The lowest BCUT2D eigenvalue weighted by molar-refractivity contribution is 0.0615. The van der Waals surface area contributed by atoms with Gasteiger partial charge in [-0.1, -0.05) is 13.8 Å². The molecule has 1 saturated carbocycles. The Balaban J connectivity index is 1.84. The van der Waals surface area contributed by atoms with Crippen LogP contribution in [-0.4, -0.2) is 65.3 Å². The molecule has 0 radical (unpaired) electrons. The summed E-state index contributed by atoms with van der Waals surface area (Å²) in [6.45, 7) is 17.9. The first-order valence-electron chi connectivity index (χ1n) is 10.7. The van der Waals surface area contributed by atoms with Gasteiger partial charge in [-0.15, -0.1) is 0 Å². The maximum absolute atomic E-state index is 11.5. The van der Waals surface area contributed by atoms with E-state index in [0.29, 0.717) is 37.5 Å². The number of hydrogen-bond donors (Lipinski definition) is 1. The molecule has 4 rings (SSSR count). The molecule has 0 aromatic carbocycles. The summed E-state index contributed by atoms with van der Waals surface area (Å²) in [5.41, 5.74) is -1.66. The Morgan fingerprint density at radius 3 is 1.48 bits per heavy atom. The number of aliphatic hydroxyl groups is 1. The zero-order valence-corrected chi connectivity index (χ0v) is 18.9. The second-order valence-electron chi connectivity index (χ2n) is 11.2. The van der Waals surface area contributed by atoms with E-state index in [-0.39, 0.29) is 34.4 Å². The first-order valence-corrected chi connectivity index (χ1v) is 10.7. The molecule has 0 aromatic heterocycles. The van der Waals surface area contributed by atoms with Gasteiger partial charge in [0.15, 0.2) is 17.7 Å². The second-order valence-corrected chi connectivity index (χ2v) is 11.2. The van der Waals surface area contributed by atoms with Gasteiger partial charge in [-0.05, 0) is 47.5 Å². The summed E-state index contributed by atoms with van der Waals surface area (Å²) in [6.07, 6.45) is -0.685. The first-order chi connectivity index (χ1) is 13.3. The summed E-state index contributed by atoms with van der Waals surface area (Å²) in [5.74, 6) is 1.52. The highest BCUT2D eigenvalue weighted by molar-refractivity contribution is 6.07. The van der Waals surface area contributed by atoms with Crippen molar-refractivity contribution in [2.75, 3.05) is 19.8 Å². The molecule has 1 fully saturated rings. The lowest BCUT2D eigenvalue weighted by Crippen LogP contribution is -2.39. The minimum Gasteiger partial charge on any atom is -0.478 e. The summed E-state index contributed by atoms with van der Waals surface area (Å²) in [7, 11) is 0. The van der Waals surface area contributed by atoms with Gasteiger partial charge in [0.2, 0.25) is 0 Å². The van der Waals surface area contributed by atoms with E-state index in [4.69, 9.17) is 29.2 Å². The quantitative estimate of drug-likeness (QED) is 0.762. The van der Waals surface area contributed by atoms with Crippen LogP contribution >= 0.6 is 0 Å². The van der Waals surface area contributed by atoms with E-state index in [9.17, 15) is 5.11 Å². The van der Waals surface area contributed by atoms with Crippen LogP contribution in [0.3, 0.4) is 0 Å². The second kappa shape index (κ2) is 6.19. The Morgan fingerprint density at radius 2 is 1.17 bits per heavy atom. The maximum Gasteiger partial charge on any atom is 0.194 e. The molecule has 0 aromatic rings. The molecule has 162 valence electrons. The molecule has 0 spiro atoms. The van der Waals surface area contributed by atoms with E-state index in [1.54, 1.807) is 0 Å². The van der Waals surface area contributed by atoms with Gasteiger partial charge in [0.05, 0.1) is 40.0 Å². The zero-order valence-electron chi connectivity index (χ0n) is 18.9. The normalized spacial score (nSPS) is 37.2. The Kier molecular flexibility index (Phi) is 4.40. The summed E-state index contributed by atoms with van der Waals surface area (Å²) in [6, 6.07) is 0. The molecule has 0 bridgehead atoms. The number of ether oxygens (including phenoxy) is 3. The van der Waals surface area contributed by atoms with Gasteiger partial charge in [0, 0.05) is 0 Å². The van der Waals surface area contributed by atoms with Crippen LogP contribution in [0, 0.1) is 23.2 Å². The fraction of sp³-hybridized carbons (Fsp3) is 0.864. The third-order valence-corrected chi connectivity index (χ3v) is 6.22. The largest absolute Gasteiger partial charge is 0.478 e. The molecular formula is C22H35N3O4. The van der Waals surface area contributed by atoms with Crippen molar-refractivity contribution in [3.8, 4) is 0 Å². The Morgan fingerprint density at radius 1 is 0.759 bits per heavy atom. The molecule has 4 aliphatic rings. The summed E-state index contributed by atoms with van der Waals surface area (Å²) < 4.78 is 18.2. The standard InChI is InChI=1S/C22H35N3O4/c1-12(2)15(26)22(18-25-21(7,8)11-29-18)13(16-23-19(3,4)9-27-16)14(22)17-24-20(5,6)10-28-17/h12-15,26H,9-11H2,1-8H3/t13-,14-,15?/m1/s1. The summed E-state index contributed by atoms with van der Waals surface area (Å²) in [4.78, 5) is 14.6. The molecule has 0 amide bonds. The summed E-state index contributed by atoms with van der Waals surface area (Å²) in [5, 5.41) is 11.5. The van der Waals surface area contributed by atoms with Gasteiger partial charge in [0.1, 0.15) is 19.8 Å². The van der Waals surface area contributed by atoms with Gasteiger partial charge in [0.25, 0.3) is 0 Å². The Labute approximate surface area is 173 Å². The molecule has 1 N–H and O–H groups in total. The van der Waals surface area contributed by atoms with E-state index in [0.717, 1.165) is 0 Å². The van der Waals surface area contributed by atoms with Gasteiger partial charge in [-0.3, -0.25) is 0 Å². The van der Waals surface area contributed by atoms with Gasteiger partial charge in [-0.2, -0.15) is 0 Å². The molecule has 0 saturated heterocycles. The van der Waals surface area contributed by atoms with Crippen molar-refractivity contribution in [3.63, 3.8) is 0 Å². The van der Waals surface area contributed by atoms with Gasteiger partial charge < -0.3 is 19.3 Å². The number of rotatable bonds is 5. The van der Waals surface area contributed by atoms with Crippen molar-refractivity contribution in [1.29, 1.82) is 0 Å². The van der Waals surface area contributed by atoms with Crippen LogP contribution in [-0.2, 0) is 14.2 Å². The molecule has 3 atom stereocenters. The van der Waals surface area contributed by atoms with Gasteiger partial charge >= 0.3 is 0 Å². The van der Waals surface area contributed by atoms with Crippen LogP contribution in [0.25, 0.3) is 0 Å².